The van der Waals surface area contributed by atoms with Crippen LogP contribution in [0.3, 0.4) is 0 Å². The minimum absolute atomic E-state index is 0.0287. The first-order valence-corrected chi connectivity index (χ1v) is 13.9. The van der Waals surface area contributed by atoms with Crippen molar-refractivity contribution in [2.24, 2.45) is 0 Å². The van der Waals surface area contributed by atoms with Crippen molar-refractivity contribution in [3.05, 3.63) is 52.1 Å². The molecule has 3 aromatic rings. The predicted octanol–water partition coefficient (Wildman–Crippen LogP) is 0.549. The summed E-state index contributed by atoms with van der Waals surface area (Å²) in [4.78, 5) is 50.4. The first-order chi connectivity index (χ1) is 21.1. The standard InChI is InChI=1S/C27H34N8O9/c36-23(37)14-28-20(15-32-7-9-33(16-24(38)39)11-12-34(10-8-32)17-25(40)41)13-18-1-3-19(4-2-18)29-21-5-6-22(35(42)43)27-26(21)30-44-31-27/h1-6,20,28-29H,7-17H2,(H,36,37)(H,38,39)(H,40,41). The monoisotopic (exact) mass is 614 g/mol. The number of rotatable bonds is 14. The third-order valence-corrected chi connectivity index (χ3v) is 7.24. The lowest BCUT2D eigenvalue weighted by atomic mass is 10.0. The summed E-state index contributed by atoms with van der Waals surface area (Å²) in [6, 6.07) is 9.95. The van der Waals surface area contributed by atoms with E-state index in [1.54, 1.807) is 9.80 Å². The van der Waals surface area contributed by atoms with Gasteiger partial charge < -0.3 is 26.0 Å². The topological polar surface area (TPSA) is 228 Å². The number of non-ortho nitro benzene ring substituents is 1. The van der Waals surface area contributed by atoms with Gasteiger partial charge in [-0.05, 0) is 40.5 Å². The first-order valence-electron chi connectivity index (χ1n) is 13.9. The molecule has 1 saturated heterocycles. The molecule has 0 radical (unpaired) electrons. The average molecular weight is 615 g/mol. The number of nitro groups is 1. The van der Waals surface area contributed by atoms with Crippen molar-refractivity contribution in [1.82, 2.24) is 30.3 Å². The van der Waals surface area contributed by atoms with Gasteiger partial charge in [0.2, 0.25) is 5.52 Å². The molecule has 0 aliphatic carbocycles. The second kappa shape index (κ2) is 15.1. The summed E-state index contributed by atoms with van der Waals surface area (Å²) in [6.45, 7) is 2.73. The van der Waals surface area contributed by atoms with Crippen LogP contribution in [0.5, 0.6) is 0 Å². The molecule has 2 heterocycles. The van der Waals surface area contributed by atoms with Crippen molar-refractivity contribution in [3.63, 3.8) is 0 Å². The van der Waals surface area contributed by atoms with Crippen LogP contribution < -0.4 is 10.6 Å². The predicted molar refractivity (Wildman–Crippen MR) is 156 cm³/mol. The molecule has 17 heteroatoms. The van der Waals surface area contributed by atoms with E-state index >= 15 is 0 Å². The summed E-state index contributed by atoms with van der Waals surface area (Å²) >= 11 is 0. The van der Waals surface area contributed by atoms with Crippen LogP contribution in [-0.2, 0) is 20.8 Å². The molecule has 1 fully saturated rings. The molecule has 1 aliphatic rings. The van der Waals surface area contributed by atoms with Crippen molar-refractivity contribution in [2.75, 3.05) is 70.8 Å². The summed E-state index contributed by atoms with van der Waals surface area (Å²) in [5, 5.41) is 52.9. The highest BCUT2D eigenvalue weighted by atomic mass is 16.6. The van der Waals surface area contributed by atoms with Crippen molar-refractivity contribution >= 4 is 46.0 Å². The fourth-order valence-corrected chi connectivity index (χ4v) is 5.08. The van der Waals surface area contributed by atoms with Gasteiger partial charge in [-0.2, -0.15) is 0 Å². The van der Waals surface area contributed by atoms with Crippen molar-refractivity contribution in [1.29, 1.82) is 0 Å². The molecule has 17 nitrogen and oxygen atoms in total. The molecule has 0 spiro atoms. The number of aromatic nitrogens is 2. The van der Waals surface area contributed by atoms with E-state index in [-0.39, 0.29) is 42.4 Å². The number of benzene rings is 2. The lowest BCUT2D eigenvalue weighted by Gasteiger charge is -2.29. The van der Waals surface area contributed by atoms with Gasteiger partial charge >= 0.3 is 23.6 Å². The third-order valence-electron chi connectivity index (χ3n) is 7.24. The molecule has 0 saturated carbocycles. The first kappa shape index (κ1) is 32.2. The van der Waals surface area contributed by atoms with Gasteiger partial charge in [-0.15, -0.1) is 0 Å². The quantitative estimate of drug-likeness (QED) is 0.123. The molecule has 0 amide bonds. The number of carbonyl (C=O) groups is 3. The zero-order chi connectivity index (χ0) is 31.6. The number of fused-ring (bicyclic) bond motifs is 1. The Balaban J connectivity index is 1.45. The third kappa shape index (κ3) is 9.40. The Morgan fingerprint density at radius 1 is 0.841 bits per heavy atom. The van der Waals surface area contributed by atoms with Gasteiger partial charge in [0, 0.05) is 63.6 Å². The van der Waals surface area contributed by atoms with E-state index in [9.17, 15) is 39.8 Å². The fraction of sp³-hybridized carbons (Fsp3) is 0.444. The molecule has 44 heavy (non-hydrogen) atoms. The average Bonchev–Trinajstić information content (AvgIpc) is 3.48. The molecular weight excluding hydrogens is 580 g/mol. The van der Waals surface area contributed by atoms with E-state index in [2.05, 4.69) is 25.8 Å². The van der Waals surface area contributed by atoms with Gasteiger partial charge in [0.15, 0.2) is 5.52 Å². The van der Waals surface area contributed by atoms with E-state index in [0.29, 0.717) is 63.6 Å². The number of hydrogen-bond donors (Lipinski definition) is 5. The van der Waals surface area contributed by atoms with Crippen LogP contribution in [-0.4, -0.2) is 135 Å². The number of anilines is 2. The lowest BCUT2D eigenvalue weighted by Crippen LogP contribution is -2.47. The van der Waals surface area contributed by atoms with Gasteiger partial charge in [0.1, 0.15) is 0 Å². The number of hydrogen-bond acceptors (Lipinski definition) is 13. The second-order valence-electron chi connectivity index (χ2n) is 10.5. The normalized spacial score (nSPS) is 16.1. The molecule has 236 valence electrons. The van der Waals surface area contributed by atoms with Crippen molar-refractivity contribution in [2.45, 2.75) is 12.5 Å². The molecule has 0 bridgehead atoms. The maximum atomic E-state index is 11.4. The number of carboxylic acid groups (broad SMARTS) is 3. The van der Waals surface area contributed by atoms with Crippen LogP contribution in [0, 0.1) is 10.1 Å². The highest BCUT2D eigenvalue weighted by Gasteiger charge is 2.23. The molecular formula is C27H34N8O9. The van der Waals surface area contributed by atoms with E-state index in [1.807, 2.05) is 24.3 Å². The van der Waals surface area contributed by atoms with Gasteiger partial charge in [0.05, 0.1) is 30.2 Å². The highest BCUT2D eigenvalue weighted by Crippen LogP contribution is 2.30. The highest BCUT2D eigenvalue weighted by molar-refractivity contribution is 5.94. The molecule has 1 unspecified atom stereocenters. The van der Waals surface area contributed by atoms with Crippen LogP contribution in [0.2, 0.25) is 0 Å². The summed E-state index contributed by atoms with van der Waals surface area (Å²) < 4.78 is 4.71. The molecule has 4 rings (SSSR count). The Labute approximate surface area is 251 Å². The Morgan fingerprint density at radius 3 is 1.95 bits per heavy atom. The van der Waals surface area contributed by atoms with Gasteiger partial charge in [-0.3, -0.25) is 39.2 Å². The SMILES string of the molecule is O=C(O)CNC(Cc1ccc(Nc2ccc([N+](=O)[O-])c3nonc23)cc1)CN1CCN(CC(=O)O)CCN(CC(=O)O)CC1. The van der Waals surface area contributed by atoms with E-state index < -0.39 is 22.8 Å². The Bertz CT molecular complexity index is 1440. The molecule has 5 N–H and O–H groups in total. The summed E-state index contributed by atoms with van der Waals surface area (Å²) in [5.74, 6) is -2.93. The number of carboxylic acids is 3. The lowest BCUT2D eigenvalue weighted by molar-refractivity contribution is -0.383. The molecule has 1 atom stereocenters. The number of nitrogens with zero attached hydrogens (tertiary/aromatic N) is 6. The summed E-state index contributed by atoms with van der Waals surface area (Å²) in [7, 11) is 0. The largest absolute Gasteiger partial charge is 0.480 e. The fourth-order valence-electron chi connectivity index (χ4n) is 5.08. The zero-order valence-electron chi connectivity index (χ0n) is 23.8. The minimum atomic E-state index is -1.00. The van der Waals surface area contributed by atoms with Gasteiger partial charge in [0.25, 0.3) is 0 Å². The second-order valence-corrected chi connectivity index (χ2v) is 10.5. The van der Waals surface area contributed by atoms with Gasteiger partial charge in [-0.1, -0.05) is 12.1 Å². The molecule has 2 aromatic carbocycles. The Kier molecular flexibility index (Phi) is 11.1. The number of aliphatic carboxylic acids is 3. The van der Waals surface area contributed by atoms with Gasteiger partial charge in [-0.25, -0.2) is 4.63 Å². The van der Waals surface area contributed by atoms with Crippen molar-refractivity contribution < 1.29 is 39.3 Å². The molecule has 1 aromatic heterocycles. The zero-order valence-corrected chi connectivity index (χ0v) is 23.8. The smallest absolute Gasteiger partial charge is 0.317 e. The van der Waals surface area contributed by atoms with E-state index in [1.165, 1.54) is 12.1 Å². The summed E-state index contributed by atoms with van der Waals surface area (Å²) in [5.41, 5.74) is 2.10. The summed E-state index contributed by atoms with van der Waals surface area (Å²) in [6.07, 6.45) is 0.483. The van der Waals surface area contributed by atoms with Crippen molar-refractivity contribution in [3.8, 4) is 0 Å². The van der Waals surface area contributed by atoms with Crippen LogP contribution in [0.1, 0.15) is 5.56 Å². The maximum absolute atomic E-state index is 11.4. The number of nitro benzene ring substituents is 1. The van der Waals surface area contributed by atoms with Crippen LogP contribution in [0.15, 0.2) is 41.0 Å². The number of nitrogens with one attached hydrogen (secondary N) is 2. The van der Waals surface area contributed by atoms with E-state index in [4.69, 9.17) is 4.63 Å². The van der Waals surface area contributed by atoms with Crippen LogP contribution in [0.25, 0.3) is 11.0 Å². The maximum Gasteiger partial charge on any atom is 0.317 e. The Morgan fingerprint density at radius 2 is 1.41 bits per heavy atom. The van der Waals surface area contributed by atoms with Crippen LogP contribution in [0.4, 0.5) is 17.1 Å². The Hall–Kier alpha value is -4.71. The molecule has 1 aliphatic heterocycles. The minimum Gasteiger partial charge on any atom is -0.480 e. The van der Waals surface area contributed by atoms with Crippen LogP contribution >= 0.6 is 0 Å². The van der Waals surface area contributed by atoms with E-state index in [0.717, 1.165) is 5.56 Å².